The van der Waals surface area contributed by atoms with Crippen LogP contribution in [-0.4, -0.2) is 56.1 Å². The second-order valence-corrected chi connectivity index (χ2v) is 10.4. The molecule has 0 unspecified atom stereocenters. The molecule has 0 aromatic rings. The molecule has 26 heavy (non-hydrogen) atoms. The quantitative estimate of drug-likeness (QED) is 0.508. The number of hydrogen-bond acceptors (Lipinski definition) is 5. The predicted octanol–water partition coefficient (Wildman–Crippen LogP) is 1.45. The Hall–Kier alpha value is -0.200. The summed E-state index contributed by atoms with van der Waals surface area (Å²) < 4.78 is 0. The van der Waals surface area contributed by atoms with E-state index in [1.165, 1.54) is 0 Å². The Kier molecular flexibility index (Phi) is 4.52. The van der Waals surface area contributed by atoms with Crippen LogP contribution in [0.1, 0.15) is 65.2 Å². The van der Waals surface area contributed by atoms with Gasteiger partial charge < -0.3 is 25.5 Å². The predicted molar refractivity (Wildman–Crippen MR) is 97.2 cm³/mol. The van der Waals surface area contributed by atoms with E-state index in [-0.39, 0.29) is 23.4 Å². The minimum atomic E-state index is -1.32. The molecule has 0 aromatic heterocycles. The first-order valence-corrected chi connectivity index (χ1v) is 10.5. The first-order valence-electron chi connectivity index (χ1n) is 10.5. The summed E-state index contributed by atoms with van der Waals surface area (Å²) in [4.78, 5) is 0. The molecule has 5 N–H and O–H groups in total. The van der Waals surface area contributed by atoms with Crippen molar-refractivity contribution >= 4 is 0 Å². The molecule has 4 rings (SSSR count). The van der Waals surface area contributed by atoms with Crippen LogP contribution in [0.25, 0.3) is 0 Å². The molecule has 0 spiro atoms. The molecule has 4 saturated carbocycles. The first kappa shape index (κ1) is 19.1. The largest absolute Gasteiger partial charge is 0.394 e. The van der Waals surface area contributed by atoms with Crippen molar-refractivity contribution in [3.63, 3.8) is 0 Å². The molecule has 10 atom stereocenters. The molecule has 0 aromatic carbocycles. The number of rotatable bonds is 2. The van der Waals surface area contributed by atoms with Crippen molar-refractivity contribution in [3.8, 4) is 0 Å². The number of aliphatic hydroxyl groups excluding tert-OH is 4. The van der Waals surface area contributed by atoms with E-state index < -0.39 is 29.8 Å². The Morgan fingerprint density at radius 3 is 2.46 bits per heavy atom. The summed E-state index contributed by atoms with van der Waals surface area (Å²) in [6.07, 6.45) is 4.70. The van der Waals surface area contributed by atoms with E-state index >= 15 is 0 Å². The lowest BCUT2D eigenvalue weighted by Crippen LogP contribution is -2.64. The Morgan fingerprint density at radius 1 is 1.04 bits per heavy atom. The highest BCUT2D eigenvalue weighted by molar-refractivity contribution is 5.17. The minimum absolute atomic E-state index is 0.0548. The lowest BCUT2D eigenvalue weighted by Gasteiger charge is -2.63. The van der Waals surface area contributed by atoms with Gasteiger partial charge in [0.15, 0.2) is 0 Å². The van der Waals surface area contributed by atoms with Gasteiger partial charge in [-0.25, -0.2) is 0 Å². The fourth-order valence-corrected chi connectivity index (χ4v) is 8.10. The third-order valence-electron chi connectivity index (χ3n) is 9.51. The number of fused-ring (bicyclic) bond motifs is 5. The molecule has 0 saturated heterocycles. The maximum absolute atomic E-state index is 11.3. The zero-order chi connectivity index (χ0) is 18.9. The second kappa shape index (κ2) is 6.15. The summed E-state index contributed by atoms with van der Waals surface area (Å²) in [5, 5.41) is 52.5. The van der Waals surface area contributed by atoms with Crippen LogP contribution in [0.2, 0.25) is 0 Å². The van der Waals surface area contributed by atoms with Gasteiger partial charge in [-0.15, -0.1) is 0 Å². The average Bonchev–Trinajstić information content (AvgIpc) is 2.86. The van der Waals surface area contributed by atoms with E-state index in [1.807, 2.05) is 6.92 Å². The summed E-state index contributed by atoms with van der Waals surface area (Å²) in [5.74, 6) is 1.29. The topological polar surface area (TPSA) is 101 Å². The summed E-state index contributed by atoms with van der Waals surface area (Å²) in [5.41, 5.74) is -1.83. The van der Waals surface area contributed by atoms with E-state index in [4.69, 9.17) is 0 Å². The van der Waals surface area contributed by atoms with Gasteiger partial charge in [0, 0.05) is 5.41 Å². The molecule has 4 aliphatic carbocycles. The fourth-order valence-electron chi connectivity index (χ4n) is 8.10. The van der Waals surface area contributed by atoms with Crippen molar-refractivity contribution in [2.45, 2.75) is 89.1 Å². The molecule has 5 nitrogen and oxygen atoms in total. The van der Waals surface area contributed by atoms with E-state index in [1.54, 1.807) is 0 Å². The molecule has 0 bridgehead atoms. The van der Waals surface area contributed by atoms with Crippen LogP contribution < -0.4 is 0 Å². The van der Waals surface area contributed by atoms with Crippen LogP contribution in [-0.2, 0) is 0 Å². The molecule has 4 fully saturated rings. The normalized spacial score (nSPS) is 57.8. The lowest BCUT2D eigenvalue weighted by atomic mass is 9.43. The molecule has 5 heteroatoms. The van der Waals surface area contributed by atoms with E-state index in [2.05, 4.69) is 6.92 Å². The molecule has 0 amide bonds. The van der Waals surface area contributed by atoms with Crippen molar-refractivity contribution in [3.05, 3.63) is 0 Å². The Bertz CT molecular complexity index is 555. The van der Waals surface area contributed by atoms with Crippen molar-refractivity contribution in [1.29, 1.82) is 0 Å². The molecular formula is C21H36O5. The van der Waals surface area contributed by atoms with Crippen LogP contribution in [0.5, 0.6) is 0 Å². The highest BCUT2D eigenvalue weighted by atomic mass is 16.4. The van der Waals surface area contributed by atoms with Crippen LogP contribution in [0.15, 0.2) is 0 Å². The maximum atomic E-state index is 11.3. The van der Waals surface area contributed by atoms with Crippen molar-refractivity contribution in [2.75, 3.05) is 6.61 Å². The fraction of sp³-hybridized carbons (Fsp3) is 1.00. The first-order chi connectivity index (χ1) is 12.2. The van der Waals surface area contributed by atoms with Gasteiger partial charge in [-0.2, -0.15) is 0 Å². The SMILES string of the molecule is C[C@]12CC[C@@H](O)C[C@H]1CC[C@@H]1[C@@H]2[C@@H](O)C[C@@]2(C)[C@H]1CC[C@]2(O)[C@@H](O)CO. The smallest absolute Gasteiger partial charge is 0.106 e. The van der Waals surface area contributed by atoms with Gasteiger partial charge >= 0.3 is 0 Å². The number of hydrogen-bond donors (Lipinski definition) is 5. The minimum Gasteiger partial charge on any atom is -0.394 e. The standard InChI is InChI=1S/C21H36O5/c1-19-7-5-13(23)9-12(19)3-4-14-15-6-8-21(26,17(25)11-22)20(15,2)10-16(24)18(14)19/h12-18,22-26H,3-11H2,1-2H3/t12-,13-,14+,15+,16+,17+,18-,19+,20+,21+/m1/s1. The van der Waals surface area contributed by atoms with Gasteiger partial charge in [0.1, 0.15) is 6.10 Å². The molecule has 0 aliphatic heterocycles. The van der Waals surface area contributed by atoms with Crippen LogP contribution in [0.4, 0.5) is 0 Å². The van der Waals surface area contributed by atoms with Gasteiger partial charge in [0.05, 0.1) is 24.4 Å². The molecule has 4 aliphatic rings. The molecule has 150 valence electrons. The number of aliphatic hydroxyl groups is 5. The Labute approximate surface area is 156 Å². The van der Waals surface area contributed by atoms with E-state index in [9.17, 15) is 25.5 Å². The van der Waals surface area contributed by atoms with Crippen LogP contribution in [0, 0.1) is 34.5 Å². The third kappa shape index (κ3) is 2.33. The zero-order valence-corrected chi connectivity index (χ0v) is 16.1. The highest BCUT2D eigenvalue weighted by Crippen LogP contribution is 2.68. The van der Waals surface area contributed by atoms with Crippen molar-refractivity contribution < 1.29 is 25.5 Å². The van der Waals surface area contributed by atoms with Crippen LogP contribution in [0.3, 0.4) is 0 Å². The monoisotopic (exact) mass is 368 g/mol. The lowest BCUT2D eigenvalue weighted by molar-refractivity contribution is -0.224. The van der Waals surface area contributed by atoms with Gasteiger partial charge in [-0.1, -0.05) is 13.8 Å². The summed E-state index contributed by atoms with van der Waals surface area (Å²) >= 11 is 0. The molecular weight excluding hydrogens is 332 g/mol. The van der Waals surface area contributed by atoms with Crippen LogP contribution >= 0.6 is 0 Å². The van der Waals surface area contributed by atoms with Gasteiger partial charge in [0.25, 0.3) is 0 Å². The highest BCUT2D eigenvalue weighted by Gasteiger charge is 2.68. The van der Waals surface area contributed by atoms with Gasteiger partial charge in [-0.05, 0) is 80.5 Å². The molecule has 0 heterocycles. The zero-order valence-electron chi connectivity index (χ0n) is 16.1. The summed E-state index contributed by atoms with van der Waals surface area (Å²) in [6, 6.07) is 0. The summed E-state index contributed by atoms with van der Waals surface area (Å²) in [7, 11) is 0. The van der Waals surface area contributed by atoms with Gasteiger partial charge in [0.2, 0.25) is 0 Å². The van der Waals surface area contributed by atoms with E-state index in [0.29, 0.717) is 24.7 Å². The van der Waals surface area contributed by atoms with Gasteiger partial charge in [-0.3, -0.25) is 0 Å². The average molecular weight is 369 g/mol. The maximum Gasteiger partial charge on any atom is 0.106 e. The Morgan fingerprint density at radius 2 is 1.77 bits per heavy atom. The van der Waals surface area contributed by atoms with E-state index in [0.717, 1.165) is 38.5 Å². The second-order valence-electron chi connectivity index (χ2n) is 10.4. The molecule has 0 radical (unpaired) electrons. The summed E-state index contributed by atoms with van der Waals surface area (Å²) in [6.45, 7) is 3.89. The van der Waals surface area contributed by atoms with Crippen molar-refractivity contribution in [1.82, 2.24) is 0 Å². The van der Waals surface area contributed by atoms with Crippen molar-refractivity contribution in [2.24, 2.45) is 34.5 Å². The third-order valence-corrected chi connectivity index (χ3v) is 9.51. The Balaban J connectivity index is 1.68.